The van der Waals surface area contributed by atoms with Gasteiger partial charge in [-0.15, -0.1) is 0 Å². The fourth-order valence-corrected chi connectivity index (χ4v) is 2.82. The van der Waals surface area contributed by atoms with Crippen molar-refractivity contribution < 1.29 is 13.9 Å². The van der Waals surface area contributed by atoms with Gasteiger partial charge in [0.15, 0.2) is 0 Å². The largest absolute Gasteiger partial charge is 0.462 e. The Balaban J connectivity index is 2.01. The predicted octanol–water partition coefficient (Wildman–Crippen LogP) is 5.06. The van der Waals surface area contributed by atoms with Crippen LogP contribution in [0.3, 0.4) is 0 Å². The number of anilines is 2. The van der Waals surface area contributed by atoms with Crippen LogP contribution < -0.4 is 5.32 Å². The van der Waals surface area contributed by atoms with Crippen molar-refractivity contribution in [2.75, 3.05) is 11.9 Å². The Morgan fingerprint density at radius 1 is 1.29 bits per heavy atom. The van der Waals surface area contributed by atoms with Gasteiger partial charge < -0.3 is 10.1 Å². The summed E-state index contributed by atoms with van der Waals surface area (Å²) in [6.07, 6.45) is 1.61. The smallest absolute Gasteiger partial charge is 0.338 e. The SMILES string of the molecule is CCOC(=O)c1cccc(Nc2ncc(Br)c3cccc(F)c23)c1. The molecule has 0 fully saturated rings. The summed E-state index contributed by atoms with van der Waals surface area (Å²) < 4.78 is 20.0. The molecule has 0 bridgehead atoms. The van der Waals surface area contributed by atoms with E-state index in [2.05, 4.69) is 26.2 Å². The molecule has 0 spiro atoms. The standard InChI is InChI=1S/C18H14BrFN2O2/c1-2-24-18(23)11-5-3-6-12(9-11)22-17-16-13(14(19)10-21-17)7-4-8-15(16)20/h3-10H,2H2,1H3,(H,21,22). The summed E-state index contributed by atoms with van der Waals surface area (Å²) in [6.45, 7) is 2.06. The number of benzene rings is 2. The van der Waals surface area contributed by atoms with Gasteiger partial charge in [-0.3, -0.25) is 0 Å². The van der Waals surface area contributed by atoms with E-state index in [1.165, 1.54) is 6.07 Å². The van der Waals surface area contributed by atoms with Crippen molar-refractivity contribution >= 4 is 44.2 Å². The van der Waals surface area contributed by atoms with E-state index in [1.54, 1.807) is 43.5 Å². The van der Waals surface area contributed by atoms with Crippen molar-refractivity contribution in [2.45, 2.75) is 6.92 Å². The molecule has 1 heterocycles. The normalized spacial score (nSPS) is 10.6. The first kappa shape index (κ1) is 16.4. The van der Waals surface area contributed by atoms with E-state index in [-0.39, 0.29) is 5.82 Å². The van der Waals surface area contributed by atoms with Gasteiger partial charge in [-0.2, -0.15) is 0 Å². The molecule has 24 heavy (non-hydrogen) atoms. The summed E-state index contributed by atoms with van der Waals surface area (Å²) in [6, 6.07) is 11.7. The number of carbonyl (C=O) groups is 1. The second-order valence-corrected chi connectivity index (χ2v) is 5.90. The third kappa shape index (κ3) is 3.23. The first-order valence-electron chi connectivity index (χ1n) is 7.37. The van der Waals surface area contributed by atoms with Crippen LogP contribution in [0.25, 0.3) is 10.8 Å². The van der Waals surface area contributed by atoms with Crippen LogP contribution in [0.1, 0.15) is 17.3 Å². The van der Waals surface area contributed by atoms with E-state index >= 15 is 0 Å². The van der Waals surface area contributed by atoms with Gasteiger partial charge in [0.1, 0.15) is 11.6 Å². The number of pyridine rings is 1. The van der Waals surface area contributed by atoms with Crippen LogP contribution in [0, 0.1) is 5.82 Å². The number of hydrogen-bond acceptors (Lipinski definition) is 4. The molecule has 4 nitrogen and oxygen atoms in total. The number of nitrogens with zero attached hydrogens (tertiary/aromatic N) is 1. The molecule has 0 saturated carbocycles. The lowest BCUT2D eigenvalue weighted by molar-refractivity contribution is 0.0526. The van der Waals surface area contributed by atoms with Crippen molar-refractivity contribution in [3.05, 3.63) is 64.5 Å². The van der Waals surface area contributed by atoms with Crippen molar-refractivity contribution in [1.29, 1.82) is 0 Å². The summed E-state index contributed by atoms with van der Waals surface area (Å²) >= 11 is 3.38. The summed E-state index contributed by atoms with van der Waals surface area (Å²) in [7, 11) is 0. The average molecular weight is 389 g/mol. The Morgan fingerprint density at radius 2 is 2.08 bits per heavy atom. The fraction of sp³-hybridized carbons (Fsp3) is 0.111. The first-order chi connectivity index (χ1) is 11.6. The minimum absolute atomic E-state index is 0.306. The molecule has 0 aliphatic rings. The maximum atomic E-state index is 14.3. The Bertz CT molecular complexity index is 915. The number of aromatic nitrogens is 1. The zero-order valence-corrected chi connectivity index (χ0v) is 14.4. The van der Waals surface area contributed by atoms with Crippen LogP contribution in [-0.2, 0) is 4.74 Å². The molecule has 122 valence electrons. The molecular formula is C18H14BrFN2O2. The summed E-state index contributed by atoms with van der Waals surface area (Å²) in [5.41, 5.74) is 1.05. The lowest BCUT2D eigenvalue weighted by Gasteiger charge is -2.11. The molecule has 1 N–H and O–H groups in total. The van der Waals surface area contributed by atoms with Crippen molar-refractivity contribution in [3.63, 3.8) is 0 Å². The Morgan fingerprint density at radius 3 is 2.88 bits per heavy atom. The molecule has 0 saturated heterocycles. The van der Waals surface area contributed by atoms with Gasteiger partial charge in [0.2, 0.25) is 0 Å². The molecule has 0 unspecified atom stereocenters. The molecule has 3 aromatic rings. The molecule has 0 aliphatic carbocycles. The Hall–Kier alpha value is -2.47. The van der Waals surface area contributed by atoms with E-state index in [9.17, 15) is 9.18 Å². The molecule has 0 radical (unpaired) electrons. The van der Waals surface area contributed by atoms with Gasteiger partial charge in [0.25, 0.3) is 0 Å². The van der Waals surface area contributed by atoms with E-state index in [0.29, 0.717) is 38.9 Å². The highest BCUT2D eigenvalue weighted by molar-refractivity contribution is 9.10. The molecule has 1 aromatic heterocycles. The minimum atomic E-state index is -0.402. The number of nitrogens with one attached hydrogen (secondary N) is 1. The van der Waals surface area contributed by atoms with Gasteiger partial charge in [0.05, 0.1) is 17.6 Å². The van der Waals surface area contributed by atoms with Crippen LogP contribution in [-0.4, -0.2) is 17.6 Å². The van der Waals surface area contributed by atoms with E-state index in [0.717, 1.165) is 0 Å². The van der Waals surface area contributed by atoms with Crippen LogP contribution in [0.4, 0.5) is 15.9 Å². The number of ether oxygens (including phenoxy) is 1. The average Bonchev–Trinajstić information content (AvgIpc) is 2.58. The quantitative estimate of drug-likeness (QED) is 0.634. The molecule has 0 amide bonds. The second kappa shape index (κ2) is 6.97. The maximum absolute atomic E-state index is 14.3. The molecule has 0 aliphatic heterocycles. The van der Waals surface area contributed by atoms with Gasteiger partial charge in [-0.25, -0.2) is 14.2 Å². The first-order valence-corrected chi connectivity index (χ1v) is 8.16. The molecular weight excluding hydrogens is 375 g/mol. The Kier molecular flexibility index (Phi) is 4.76. The fourth-order valence-electron chi connectivity index (χ4n) is 2.39. The summed E-state index contributed by atoms with van der Waals surface area (Å²) in [5.74, 6) is -0.390. The number of fused-ring (bicyclic) bond motifs is 1. The van der Waals surface area contributed by atoms with Crippen molar-refractivity contribution in [3.8, 4) is 0 Å². The molecule has 6 heteroatoms. The number of carbonyl (C=O) groups excluding carboxylic acids is 1. The third-order valence-electron chi connectivity index (χ3n) is 3.45. The van der Waals surface area contributed by atoms with E-state index < -0.39 is 5.97 Å². The zero-order chi connectivity index (χ0) is 17.1. The summed E-state index contributed by atoms with van der Waals surface area (Å²) in [5, 5.41) is 4.17. The maximum Gasteiger partial charge on any atom is 0.338 e. The zero-order valence-electron chi connectivity index (χ0n) is 12.8. The second-order valence-electron chi connectivity index (χ2n) is 5.04. The van der Waals surface area contributed by atoms with E-state index in [1.807, 2.05) is 6.07 Å². The Labute approximate surface area is 146 Å². The van der Waals surface area contributed by atoms with Crippen LogP contribution in [0.5, 0.6) is 0 Å². The monoisotopic (exact) mass is 388 g/mol. The molecule has 0 atom stereocenters. The topological polar surface area (TPSA) is 51.2 Å². The minimum Gasteiger partial charge on any atom is -0.462 e. The number of rotatable bonds is 4. The number of hydrogen-bond donors (Lipinski definition) is 1. The highest BCUT2D eigenvalue weighted by atomic mass is 79.9. The van der Waals surface area contributed by atoms with Crippen LogP contribution in [0.15, 0.2) is 53.1 Å². The number of esters is 1. The lowest BCUT2D eigenvalue weighted by atomic mass is 10.1. The highest BCUT2D eigenvalue weighted by Gasteiger charge is 2.12. The lowest BCUT2D eigenvalue weighted by Crippen LogP contribution is -2.05. The predicted molar refractivity (Wildman–Crippen MR) is 95.1 cm³/mol. The third-order valence-corrected chi connectivity index (χ3v) is 4.08. The molecule has 3 rings (SSSR count). The highest BCUT2D eigenvalue weighted by Crippen LogP contribution is 2.31. The number of halogens is 2. The van der Waals surface area contributed by atoms with Gasteiger partial charge >= 0.3 is 5.97 Å². The van der Waals surface area contributed by atoms with Gasteiger partial charge in [0, 0.05) is 21.7 Å². The van der Waals surface area contributed by atoms with Crippen LogP contribution in [0.2, 0.25) is 0 Å². The van der Waals surface area contributed by atoms with Crippen molar-refractivity contribution in [2.24, 2.45) is 0 Å². The van der Waals surface area contributed by atoms with E-state index in [4.69, 9.17) is 4.74 Å². The summed E-state index contributed by atoms with van der Waals surface area (Å²) in [4.78, 5) is 16.1. The van der Waals surface area contributed by atoms with Gasteiger partial charge in [-0.1, -0.05) is 18.2 Å². The van der Waals surface area contributed by atoms with Crippen LogP contribution >= 0.6 is 15.9 Å². The van der Waals surface area contributed by atoms with Gasteiger partial charge in [-0.05, 0) is 47.1 Å². The van der Waals surface area contributed by atoms with Crippen molar-refractivity contribution in [1.82, 2.24) is 4.98 Å². The molecule has 2 aromatic carbocycles.